The highest BCUT2D eigenvalue weighted by molar-refractivity contribution is 5.92. The van der Waals surface area contributed by atoms with Crippen LogP contribution in [-0.4, -0.2) is 28.6 Å². The van der Waals surface area contributed by atoms with Crippen LogP contribution in [0.15, 0.2) is 53.3 Å². The summed E-state index contributed by atoms with van der Waals surface area (Å²) in [4.78, 5) is 8.18. The standard InChI is InChI=1S/C21H16F3N3O4/c1-12-8-14(30-21(22,23)24)4-5-15(12)13-9-16-19(17(10-13)28-2)31-27-20(16)29-11-18-25-6-3-7-26-18/h3-10H,11H2,1-2H3. The molecule has 2 aromatic heterocycles. The minimum atomic E-state index is -4.76. The highest BCUT2D eigenvalue weighted by Gasteiger charge is 2.31. The molecule has 0 spiro atoms. The molecule has 160 valence electrons. The van der Waals surface area contributed by atoms with Gasteiger partial charge in [0.1, 0.15) is 12.4 Å². The maximum absolute atomic E-state index is 12.5. The molecule has 0 N–H and O–H groups in total. The zero-order valence-electron chi connectivity index (χ0n) is 16.4. The predicted molar refractivity (Wildman–Crippen MR) is 104 cm³/mol. The average Bonchev–Trinajstić information content (AvgIpc) is 3.14. The summed E-state index contributed by atoms with van der Waals surface area (Å²) in [5.74, 6) is 0.801. The molecule has 0 aliphatic rings. The van der Waals surface area contributed by atoms with E-state index in [1.165, 1.54) is 19.2 Å². The Labute approximate surface area is 174 Å². The number of fused-ring (bicyclic) bond motifs is 1. The van der Waals surface area contributed by atoms with Gasteiger partial charge in [-0.3, -0.25) is 0 Å². The monoisotopic (exact) mass is 431 g/mol. The van der Waals surface area contributed by atoms with E-state index in [0.717, 1.165) is 0 Å². The first-order valence-corrected chi connectivity index (χ1v) is 9.07. The highest BCUT2D eigenvalue weighted by atomic mass is 19.4. The summed E-state index contributed by atoms with van der Waals surface area (Å²) < 4.78 is 58.0. The van der Waals surface area contributed by atoms with E-state index in [-0.39, 0.29) is 18.2 Å². The lowest BCUT2D eigenvalue weighted by Crippen LogP contribution is -2.17. The normalized spacial score (nSPS) is 11.5. The van der Waals surface area contributed by atoms with Crippen molar-refractivity contribution in [2.24, 2.45) is 0 Å². The molecule has 10 heteroatoms. The van der Waals surface area contributed by atoms with Gasteiger partial charge in [-0.1, -0.05) is 6.07 Å². The molecule has 0 bridgehead atoms. The Balaban J connectivity index is 1.70. The summed E-state index contributed by atoms with van der Waals surface area (Å²) in [6.45, 7) is 1.77. The fourth-order valence-electron chi connectivity index (χ4n) is 3.10. The molecule has 2 aromatic carbocycles. The minimum Gasteiger partial charge on any atom is -0.493 e. The summed E-state index contributed by atoms with van der Waals surface area (Å²) in [6.07, 6.45) is -1.56. The van der Waals surface area contributed by atoms with Gasteiger partial charge in [-0.2, -0.15) is 0 Å². The quantitative estimate of drug-likeness (QED) is 0.421. The molecule has 0 saturated heterocycles. The van der Waals surface area contributed by atoms with Crippen molar-refractivity contribution in [3.63, 3.8) is 0 Å². The lowest BCUT2D eigenvalue weighted by Gasteiger charge is -2.13. The number of hydrogen-bond acceptors (Lipinski definition) is 7. The Kier molecular flexibility index (Phi) is 5.37. The molecule has 0 unspecified atom stereocenters. The van der Waals surface area contributed by atoms with E-state index < -0.39 is 6.36 Å². The maximum atomic E-state index is 12.5. The molecule has 0 radical (unpaired) electrons. The van der Waals surface area contributed by atoms with E-state index in [1.807, 2.05) is 0 Å². The number of alkyl halides is 3. The molecule has 0 fully saturated rings. The van der Waals surface area contributed by atoms with E-state index >= 15 is 0 Å². The van der Waals surface area contributed by atoms with Gasteiger partial charge in [0.25, 0.3) is 5.88 Å². The van der Waals surface area contributed by atoms with Gasteiger partial charge in [-0.15, -0.1) is 13.2 Å². The third-order valence-corrected chi connectivity index (χ3v) is 4.42. The van der Waals surface area contributed by atoms with Crippen LogP contribution in [-0.2, 0) is 6.61 Å². The van der Waals surface area contributed by atoms with Crippen LogP contribution >= 0.6 is 0 Å². The lowest BCUT2D eigenvalue weighted by molar-refractivity contribution is -0.274. The molecule has 2 heterocycles. The van der Waals surface area contributed by atoms with Gasteiger partial charge >= 0.3 is 6.36 Å². The summed E-state index contributed by atoms with van der Waals surface area (Å²) >= 11 is 0. The first-order valence-electron chi connectivity index (χ1n) is 9.07. The number of halogens is 3. The first kappa shape index (κ1) is 20.5. The maximum Gasteiger partial charge on any atom is 0.573 e. The molecule has 0 aliphatic heterocycles. The van der Waals surface area contributed by atoms with Crippen molar-refractivity contribution < 1.29 is 31.9 Å². The van der Waals surface area contributed by atoms with Crippen molar-refractivity contribution in [3.8, 4) is 28.5 Å². The van der Waals surface area contributed by atoms with Gasteiger partial charge in [-0.05, 0) is 59.1 Å². The van der Waals surface area contributed by atoms with Crippen LogP contribution in [0.2, 0.25) is 0 Å². The van der Waals surface area contributed by atoms with Crippen LogP contribution in [0.25, 0.3) is 22.1 Å². The van der Waals surface area contributed by atoms with Crippen molar-refractivity contribution in [1.29, 1.82) is 0 Å². The summed E-state index contributed by atoms with van der Waals surface area (Å²) in [5, 5.41) is 4.49. The average molecular weight is 431 g/mol. The number of hydrogen-bond donors (Lipinski definition) is 0. The smallest absolute Gasteiger partial charge is 0.493 e. The topological polar surface area (TPSA) is 79.5 Å². The third-order valence-electron chi connectivity index (χ3n) is 4.42. The SMILES string of the molecule is COc1cc(-c2ccc(OC(F)(F)F)cc2C)cc2c(OCc3ncccn3)noc12. The summed E-state index contributed by atoms with van der Waals surface area (Å²) in [5.41, 5.74) is 2.34. The molecule has 31 heavy (non-hydrogen) atoms. The number of methoxy groups -OCH3 is 1. The molecule has 7 nitrogen and oxygen atoms in total. The van der Waals surface area contributed by atoms with Gasteiger partial charge in [-0.25, -0.2) is 9.97 Å². The molecule has 0 saturated carbocycles. The second-order valence-corrected chi connectivity index (χ2v) is 6.52. The van der Waals surface area contributed by atoms with E-state index in [9.17, 15) is 13.2 Å². The van der Waals surface area contributed by atoms with Crippen LogP contribution < -0.4 is 14.2 Å². The fraction of sp³-hybridized carbons (Fsp3) is 0.190. The molecular weight excluding hydrogens is 415 g/mol. The van der Waals surface area contributed by atoms with E-state index in [4.69, 9.17) is 14.0 Å². The Bertz CT molecular complexity index is 1210. The summed E-state index contributed by atoms with van der Waals surface area (Å²) in [6, 6.07) is 9.29. The largest absolute Gasteiger partial charge is 0.573 e. The second kappa shape index (κ2) is 8.13. The number of rotatable bonds is 6. The van der Waals surface area contributed by atoms with E-state index in [2.05, 4.69) is 19.9 Å². The zero-order valence-corrected chi connectivity index (χ0v) is 16.4. The van der Waals surface area contributed by atoms with Gasteiger partial charge in [0.15, 0.2) is 11.6 Å². The highest BCUT2D eigenvalue weighted by Crippen LogP contribution is 2.39. The second-order valence-electron chi connectivity index (χ2n) is 6.52. The lowest BCUT2D eigenvalue weighted by atomic mass is 9.99. The zero-order chi connectivity index (χ0) is 22.0. The summed E-state index contributed by atoms with van der Waals surface area (Å²) in [7, 11) is 1.48. The van der Waals surface area contributed by atoms with Gasteiger partial charge in [0.2, 0.25) is 5.58 Å². The Morgan fingerprint density at radius 1 is 1.06 bits per heavy atom. The predicted octanol–water partition coefficient (Wildman–Crippen LogP) is 5.08. The molecule has 0 amide bonds. The van der Waals surface area contributed by atoms with E-state index in [0.29, 0.717) is 39.2 Å². The van der Waals surface area contributed by atoms with Crippen molar-refractivity contribution in [2.45, 2.75) is 19.9 Å². The van der Waals surface area contributed by atoms with Crippen LogP contribution in [0.3, 0.4) is 0 Å². The number of benzene rings is 2. The number of aromatic nitrogens is 3. The van der Waals surface area contributed by atoms with Gasteiger partial charge in [0.05, 0.1) is 12.5 Å². The van der Waals surface area contributed by atoms with Crippen LogP contribution in [0.4, 0.5) is 13.2 Å². The molecule has 0 aliphatic carbocycles. The van der Waals surface area contributed by atoms with Crippen LogP contribution in [0.1, 0.15) is 11.4 Å². The van der Waals surface area contributed by atoms with Crippen LogP contribution in [0.5, 0.6) is 17.4 Å². The van der Waals surface area contributed by atoms with Crippen molar-refractivity contribution in [2.75, 3.05) is 7.11 Å². The molecule has 4 rings (SSSR count). The Morgan fingerprint density at radius 3 is 2.52 bits per heavy atom. The number of aryl methyl sites for hydroxylation is 1. The van der Waals surface area contributed by atoms with Gasteiger partial charge in [0, 0.05) is 12.4 Å². The number of nitrogens with zero attached hydrogens (tertiary/aromatic N) is 3. The Morgan fingerprint density at radius 2 is 1.84 bits per heavy atom. The fourth-order valence-corrected chi connectivity index (χ4v) is 3.10. The van der Waals surface area contributed by atoms with Gasteiger partial charge < -0.3 is 18.7 Å². The molecular formula is C21H16F3N3O4. The number of ether oxygens (including phenoxy) is 3. The van der Waals surface area contributed by atoms with Crippen molar-refractivity contribution >= 4 is 11.0 Å². The van der Waals surface area contributed by atoms with Crippen LogP contribution in [0, 0.1) is 6.92 Å². The molecule has 4 aromatic rings. The van der Waals surface area contributed by atoms with Crippen molar-refractivity contribution in [1.82, 2.24) is 15.1 Å². The Hall–Kier alpha value is -3.82. The van der Waals surface area contributed by atoms with E-state index in [1.54, 1.807) is 43.6 Å². The minimum absolute atomic E-state index is 0.0809. The third kappa shape index (κ3) is 4.52. The first-order chi connectivity index (χ1) is 14.8. The van der Waals surface area contributed by atoms with Crippen molar-refractivity contribution in [3.05, 3.63) is 60.2 Å². The molecule has 0 atom stereocenters.